The van der Waals surface area contributed by atoms with Crippen LogP contribution in [0.2, 0.25) is 0 Å². The average Bonchev–Trinajstić information content (AvgIpc) is 2.35. The van der Waals surface area contributed by atoms with E-state index in [0.29, 0.717) is 13.2 Å². The van der Waals surface area contributed by atoms with Gasteiger partial charge in [-0.15, -0.1) is 0 Å². The highest BCUT2D eigenvalue weighted by atomic mass is 16.6. The number of rotatable bonds is 4. The van der Waals surface area contributed by atoms with Crippen molar-refractivity contribution in [3.8, 4) is 11.5 Å². The minimum absolute atomic E-state index is 0.0424. The standard InChI is InChI=1S/C12H17NO3/c1-13-8-12(14-2)9-3-4-10-11(7-9)16-6-5-15-10/h3-4,7,12-13H,5-6,8H2,1-2H3/t12-/m0/s1. The molecule has 0 fully saturated rings. The lowest BCUT2D eigenvalue weighted by Gasteiger charge is -2.21. The molecule has 0 radical (unpaired) electrons. The van der Waals surface area contributed by atoms with Gasteiger partial charge in [-0.2, -0.15) is 0 Å². The molecule has 1 aliphatic rings. The molecule has 0 aliphatic carbocycles. The first kappa shape index (κ1) is 11.2. The Morgan fingerprint density at radius 3 is 2.75 bits per heavy atom. The maximum absolute atomic E-state index is 5.54. The van der Waals surface area contributed by atoms with Gasteiger partial charge in [0.05, 0.1) is 6.10 Å². The Balaban J connectivity index is 2.21. The molecule has 88 valence electrons. The van der Waals surface area contributed by atoms with Crippen molar-refractivity contribution in [3.05, 3.63) is 23.8 Å². The van der Waals surface area contributed by atoms with Crippen molar-refractivity contribution < 1.29 is 14.2 Å². The Morgan fingerprint density at radius 1 is 1.31 bits per heavy atom. The van der Waals surface area contributed by atoms with Crippen LogP contribution in [0.4, 0.5) is 0 Å². The molecule has 4 nitrogen and oxygen atoms in total. The van der Waals surface area contributed by atoms with Crippen LogP contribution in [-0.4, -0.2) is 33.9 Å². The van der Waals surface area contributed by atoms with Gasteiger partial charge in [-0.1, -0.05) is 6.07 Å². The Hall–Kier alpha value is -1.26. The summed E-state index contributed by atoms with van der Waals surface area (Å²) in [7, 11) is 3.61. The quantitative estimate of drug-likeness (QED) is 0.836. The van der Waals surface area contributed by atoms with Crippen LogP contribution in [0.15, 0.2) is 18.2 Å². The summed E-state index contributed by atoms with van der Waals surface area (Å²) in [6.07, 6.45) is 0.0424. The van der Waals surface area contributed by atoms with E-state index in [4.69, 9.17) is 14.2 Å². The molecule has 1 aliphatic heterocycles. The number of benzene rings is 1. The van der Waals surface area contributed by atoms with Crippen LogP contribution in [0, 0.1) is 0 Å². The smallest absolute Gasteiger partial charge is 0.161 e. The van der Waals surface area contributed by atoms with E-state index in [1.54, 1.807) is 7.11 Å². The summed E-state index contributed by atoms with van der Waals surface area (Å²) in [6.45, 7) is 2.01. The number of ether oxygens (including phenoxy) is 3. The molecule has 0 amide bonds. The molecule has 0 bridgehead atoms. The van der Waals surface area contributed by atoms with Gasteiger partial charge >= 0.3 is 0 Å². The third-order valence-electron chi connectivity index (χ3n) is 2.61. The second-order valence-corrected chi connectivity index (χ2v) is 3.69. The van der Waals surface area contributed by atoms with Crippen LogP contribution in [0.25, 0.3) is 0 Å². The van der Waals surface area contributed by atoms with Crippen molar-refractivity contribution >= 4 is 0 Å². The summed E-state index contributed by atoms with van der Waals surface area (Å²) in [5, 5.41) is 3.10. The molecule has 4 heteroatoms. The molecule has 0 saturated carbocycles. The molecule has 0 saturated heterocycles. The molecule has 0 aromatic heterocycles. The maximum Gasteiger partial charge on any atom is 0.161 e. The normalized spacial score (nSPS) is 15.9. The number of nitrogens with one attached hydrogen (secondary N) is 1. The number of hydrogen-bond acceptors (Lipinski definition) is 4. The van der Waals surface area contributed by atoms with E-state index in [1.165, 1.54) is 0 Å². The van der Waals surface area contributed by atoms with E-state index >= 15 is 0 Å². The fraction of sp³-hybridized carbons (Fsp3) is 0.500. The first-order chi connectivity index (χ1) is 7.85. The summed E-state index contributed by atoms with van der Waals surface area (Å²) < 4.78 is 16.4. The van der Waals surface area contributed by atoms with E-state index in [2.05, 4.69) is 5.32 Å². The minimum atomic E-state index is 0.0424. The van der Waals surface area contributed by atoms with E-state index in [0.717, 1.165) is 23.6 Å². The van der Waals surface area contributed by atoms with Crippen LogP contribution < -0.4 is 14.8 Å². The van der Waals surface area contributed by atoms with Gasteiger partial charge < -0.3 is 19.5 Å². The molecule has 2 rings (SSSR count). The number of hydrogen-bond donors (Lipinski definition) is 1. The molecular formula is C12H17NO3. The zero-order valence-corrected chi connectivity index (χ0v) is 9.66. The van der Waals surface area contributed by atoms with Gasteiger partial charge in [0.1, 0.15) is 13.2 Å². The lowest BCUT2D eigenvalue weighted by molar-refractivity contribution is 0.103. The summed E-state index contributed by atoms with van der Waals surface area (Å²) in [5.41, 5.74) is 1.10. The van der Waals surface area contributed by atoms with Gasteiger partial charge in [0.25, 0.3) is 0 Å². The average molecular weight is 223 g/mol. The van der Waals surface area contributed by atoms with Gasteiger partial charge in [0.2, 0.25) is 0 Å². The number of fused-ring (bicyclic) bond motifs is 1. The molecule has 1 aromatic carbocycles. The Bertz CT molecular complexity index is 354. The van der Waals surface area contributed by atoms with Crippen LogP contribution >= 0.6 is 0 Å². The zero-order chi connectivity index (χ0) is 11.4. The van der Waals surface area contributed by atoms with Crippen molar-refractivity contribution in [2.75, 3.05) is 33.9 Å². The third-order valence-corrected chi connectivity index (χ3v) is 2.61. The molecule has 1 atom stereocenters. The van der Waals surface area contributed by atoms with Crippen molar-refractivity contribution in [1.82, 2.24) is 5.32 Å². The molecule has 0 unspecified atom stereocenters. The highest BCUT2D eigenvalue weighted by Gasteiger charge is 2.15. The van der Waals surface area contributed by atoms with E-state index < -0.39 is 0 Å². The summed E-state index contributed by atoms with van der Waals surface area (Å²) >= 11 is 0. The van der Waals surface area contributed by atoms with E-state index in [-0.39, 0.29) is 6.10 Å². The highest BCUT2D eigenvalue weighted by Crippen LogP contribution is 2.33. The van der Waals surface area contributed by atoms with Crippen LogP contribution in [0.1, 0.15) is 11.7 Å². The first-order valence-corrected chi connectivity index (χ1v) is 5.42. The monoisotopic (exact) mass is 223 g/mol. The van der Waals surface area contributed by atoms with E-state index in [1.807, 2.05) is 25.2 Å². The SMILES string of the molecule is CNC[C@H](OC)c1ccc2c(c1)OCCO2. The number of methoxy groups -OCH3 is 1. The van der Waals surface area contributed by atoms with Gasteiger partial charge in [-0.25, -0.2) is 0 Å². The van der Waals surface area contributed by atoms with Crippen molar-refractivity contribution in [1.29, 1.82) is 0 Å². The van der Waals surface area contributed by atoms with Crippen LogP contribution in [0.3, 0.4) is 0 Å². The highest BCUT2D eigenvalue weighted by molar-refractivity contribution is 5.44. The summed E-state index contributed by atoms with van der Waals surface area (Å²) in [4.78, 5) is 0. The number of likely N-dealkylation sites (N-methyl/N-ethyl adjacent to an activating group) is 1. The second kappa shape index (κ2) is 5.18. The predicted molar refractivity (Wildman–Crippen MR) is 61.1 cm³/mol. The molecule has 16 heavy (non-hydrogen) atoms. The lowest BCUT2D eigenvalue weighted by atomic mass is 10.1. The Labute approximate surface area is 95.5 Å². The fourth-order valence-corrected chi connectivity index (χ4v) is 1.78. The summed E-state index contributed by atoms with van der Waals surface area (Å²) in [5.74, 6) is 1.62. The molecule has 1 heterocycles. The van der Waals surface area contributed by atoms with Crippen molar-refractivity contribution in [3.63, 3.8) is 0 Å². The topological polar surface area (TPSA) is 39.7 Å². The Morgan fingerprint density at radius 2 is 2.06 bits per heavy atom. The summed E-state index contributed by atoms with van der Waals surface area (Å²) in [6, 6.07) is 5.94. The molecular weight excluding hydrogens is 206 g/mol. The molecule has 1 aromatic rings. The lowest BCUT2D eigenvalue weighted by Crippen LogP contribution is -2.19. The van der Waals surface area contributed by atoms with Gasteiger partial charge in [0, 0.05) is 13.7 Å². The van der Waals surface area contributed by atoms with Gasteiger partial charge in [-0.05, 0) is 24.7 Å². The van der Waals surface area contributed by atoms with Gasteiger partial charge in [0.15, 0.2) is 11.5 Å². The first-order valence-electron chi connectivity index (χ1n) is 5.42. The predicted octanol–water partition coefficient (Wildman–Crippen LogP) is 1.36. The van der Waals surface area contributed by atoms with E-state index in [9.17, 15) is 0 Å². The Kier molecular flexibility index (Phi) is 3.64. The van der Waals surface area contributed by atoms with Crippen LogP contribution in [-0.2, 0) is 4.74 Å². The van der Waals surface area contributed by atoms with Crippen molar-refractivity contribution in [2.24, 2.45) is 0 Å². The minimum Gasteiger partial charge on any atom is -0.486 e. The largest absolute Gasteiger partial charge is 0.486 e. The van der Waals surface area contributed by atoms with Crippen molar-refractivity contribution in [2.45, 2.75) is 6.10 Å². The zero-order valence-electron chi connectivity index (χ0n) is 9.66. The molecule has 1 N–H and O–H groups in total. The fourth-order valence-electron chi connectivity index (χ4n) is 1.78. The van der Waals surface area contributed by atoms with Crippen LogP contribution in [0.5, 0.6) is 11.5 Å². The molecule has 0 spiro atoms. The van der Waals surface area contributed by atoms with Gasteiger partial charge in [-0.3, -0.25) is 0 Å². The maximum atomic E-state index is 5.54. The second-order valence-electron chi connectivity index (χ2n) is 3.69. The third kappa shape index (κ3) is 2.28.